The molecule has 62 valence electrons. The van der Waals surface area contributed by atoms with E-state index in [2.05, 4.69) is 23.1 Å². The van der Waals surface area contributed by atoms with E-state index in [1.165, 1.54) is 0 Å². The molecule has 0 atom stereocenters. The van der Waals surface area contributed by atoms with Crippen LogP contribution in [0.3, 0.4) is 0 Å². The average Bonchev–Trinajstić information content (AvgIpc) is 2.28. The number of aromatic nitrogens is 1. The lowest BCUT2D eigenvalue weighted by atomic mass is 10.4. The van der Waals surface area contributed by atoms with E-state index in [9.17, 15) is 0 Å². The van der Waals surface area contributed by atoms with Crippen LogP contribution in [0.4, 0.5) is 11.5 Å². The van der Waals surface area contributed by atoms with Gasteiger partial charge in [0.15, 0.2) is 5.82 Å². The Hall–Kier alpha value is -1.16. The van der Waals surface area contributed by atoms with Gasteiger partial charge in [0, 0.05) is 18.6 Å². The van der Waals surface area contributed by atoms with Crippen LogP contribution in [-0.2, 0) is 0 Å². The van der Waals surface area contributed by atoms with Crippen molar-refractivity contribution in [2.75, 3.05) is 5.32 Å². The molecule has 0 saturated heterocycles. The summed E-state index contributed by atoms with van der Waals surface area (Å²) in [5.74, 6) is 0.839. The maximum Gasteiger partial charge on any atom is 0.166 e. The quantitative estimate of drug-likeness (QED) is 0.587. The third-order valence-corrected chi connectivity index (χ3v) is 2.01. The molecule has 0 fully saturated rings. The minimum atomic E-state index is 0.839. The minimum Gasteiger partial charge on any atom is -0.358 e. The number of nitrogens with zero attached hydrogens (tertiary/aromatic N) is 2. The summed E-state index contributed by atoms with van der Waals surface area (Å²) in [6.07, 6.45) is 5.58. The molecule has 12 heavy (non-hydrogen) atoms. The molecule has 1 aliphatic rings. The average molecular weight is 179 g/mol. The predicted octanol–water partition coefficient (Wildman–Crippen LogP) is 2.21. The Labute approximate surface area is 76.4 Å². The smallest absolute Gasteiger partial charge is 0.166 e. The van der Waals surface area contributed by atoms with Crippen molar-refractivity contribution < 1.29 is 0 Å². The molecule has 0 aromatic carbocycles. The lowest BCUT2D eigenvalue weighted by molar-refractivity contribution is 1.26. The second kappa shape index (κ2) is 2.71. The molecule has 0 radical (unpaired) electrons. The topological polar surface area (TPSA) is 29.3 Å². The van der Waals surface area contributed by atoms with Crippen LogP contribution in [0.15, 0.2) is 29.0 Å². The SMILES string of the molecule is CC1=CNc2ccn(S)c2N=C1. The summed E-state index contributed by atoms with van der Waals surface area (Å²) in [6.45, 7) is 1.99. The highest BCUT2D eigenvalue weighted by Gasteiger charge is 2.06. The van der Waals surface area contributed by atoms with Crippen LogP contribution in [-0.4, -0.2) is 10.2 Å². The van der Waals surface area contributed by atoms with Gasteiger partial charge in [-0.1, -0.05) is 12.8 Å². The normalized spacial score (nSPS) is 14.7. The van der Waals surface area contributed by atoms with E-state index < -0.39 is 0 Å². The number of nitrogens with one attached hydrogen (secondary N) is 1. The van der Waals surface area contributed by atoms with Gasteiger partial charge in [-0.3, -0.25) is 3.97 Å². The Bertz CT molecular complexity index is 362. The van der Waals surface area contributed by atoms with E-state index >= 15 is 0 Å². The summed E-state index contributed by atoms with van der Waals surface area (Å²) in [5.41, 5.74) is 2.08. The number of aliphatic imine (C=N–C) groups is 1. The largest absolute Gasteiger partial charge is 0.358 e. The highest BCUT2D eigenvalue weighted by atomic mass is 32.1. The van der Waals surface area contributed by atoms with Crippen LogP contribution in [0.2, 0.25) is 0 Å². The molecule has 0 unspecified atom stereocenters. The van der Waals surface area contributed by atoms with Crippen molar-refractivity contribution in [2.24, 2.45) is 4.99 Å². The van der Waals surface area contributed by atoms with Gasteiger partial charge in [0.25, 0.3) is 0 Å². The van der Waals surface area contributed by atoms with Crippen molar-refractivity contribution in [3.05, 3.63) is 24.0 Å². The van der Waals surface area contributed by atoms with Crippen LogP contribution in [0.1, 0.15) is 6.92 Å². The molecule has 0 spiro atoms. The van der Waals surface area contributed by atoms with Gasteiger partial charge in [-0.15, -0.1) is 0 Å². The standard InChI is InChI=1S/C8H9N3S/c1-6-4-9-7-2-3-11(12)8(7)10-5-6/h2-5,9,12H,1H3. The first-order valence-electron chi connectivity index (χ1n) is 3.65. The third kappa shape index (κ3) is 1.14. The molecular formula is C8H9N3S. The Kier molecular flexibility index (Phi) is 1.69. The first kappa shape index (κ1) is 7.49. The molecule has 0 amide bonds. The lowest BCUT2D eigenvalue weighted by Crippen LogP contribution is -1.85. The first-order chi connectivity index (χ1) is 5.77. The van der Waals surface area contributed by atoms with Crippen molar-refractivity contribution in [1.82, 2.24) is 3.97 Å². The maximum absolute atomic E-state index is 4.26. The molecule has 1 aromatic heterocycles. The van der Waals surface area contributed by atoms with E-state index in [1.807, 2.05) is 31.6 Å². The second-order valence-electron chi connectivity index (χ2n) is 2.69. The molecule has 3 nitrogen and oxygen atoms in total. The van der Waals surface area contributed by atoms with Gasteiger partial charge in [-0.2, -0.15) is 0 Å². The van der Waals surface area contributed by atoms with Gasteiger partial charge < -0.3 is 5.32 Å². The van der Waals surface area contributed by atoms with Gasteiger partial charge in [-0.25, -0.2) is 4.99 Å². The molecule has 2 rings (SSSR count). The number of hydrogen-bond donors (Lipinski definition) is 2. The van der Waals surface area contributed by atoms with Gasteiger partial charge in [-0.05, 0) is 18.6 Å². The van der Waals surface area contributed by atoms with Crippen molar-refractivity contribution in [2.45, 2.75) is 6.92 Å². The number of anilines is 1. The van der Waals surface area contributed by atoms with E-state index in [-0.39, 0.29) is 0 Å². The predicted molar refractivity (Wildman–Crippen MR) is 54.3 cm³/mol. The molecule has 2 heterocycles. The highest BCUT2D eigenvalue weighted by Crippen LogP contribution is 2.28. The number of hydrogen-bond acceptors (Lipinski definition) is 3. The van der Waals surface area contributed by atoms with Gasteiger partial charge >= 0.3 is 0 Å². The van der Waals surface area contributed by atoms with E-state index in [0.717, 1.165) is 17.1 Å². The van der Waals surface area contributed by atoms with Crippen LogP contribution in [0.5, 0.6) is 0 Å². The van der Waals surface area contributed by atoms with Crippen LogP contribution >= 0.6 is 12.8 Å². The summed E-state index contributed by atoms with van der Waals surface area (Å²) < 4.78 is 1.69. The van der Waals surface area contributed by atoms with Gasteiger partial charge in [0.2, 0.25) is 0 Å². The maximum atomic E-state index is 4.26. The van der Waals surface area contributed by atoms with E-state index in [0.29, 0.717) is 0 Å². The number of fused-ring (bicyclic) bond motifs is 1. The highest BCUT2D eigenvalue weighted by molar-refractivity contribution is 7.78. The molecule has 0 saturated carbocycles. The van der Waals surface area contributed by atoms with Crippen molar-refractivity contribution in [3.8, 4) is 0 Å². The molecule has 1 N–H and O–H groups in total. The fraction of sp³-hybridized carbons (Fsp3) is 0.125. The summed E-state index contributed by atoms with van der Waals surface area (Å²) in [4.78, 5) is 4.26. The summed E-state index contributed by atoms with van der Waals surface area (Å²) in [7, 11) is 0. The Morgan fingerprint density at radius 3 is 3.25 bits per heavy atom. The van der Waals surface area contributed by atoms with Gasteiger partial charge in [0.05, 0.1) is 5.69 Å². The second-order valence-corrected chi connectivity index (χ2v) is 3.12. The van der Waals surface area contributed by atoms with Crippen molar-refractivity contribution in [1.29, 1.82) is 0 Å². The minimum absolute atomic E-state index is 0.839. The third-order valence-electron chi connectivity index (χ3n) is 1.69. The summed E-state index contributed by atoms with van der Waals surface area (Å²) >= 11 is 4.20. The molecule has 0 aliphatic carbocycles. The number of rotatable bonds is 0. The fourth-order valence-corrected chi connectivity index (χ4v) is 1.27. The Balaban J connectivity index is 2.50. The molecule has 1 aliphatic heterocycles. The molecular weight excluding hydrogens is 170 g/mol. The monoisotopic (exact) mass is 179 g/mol. The van der Waals surface area contributed by atoms with Gasteiger partial charge in [0.1, 0.15) is 0 Å². The zero-order valence-electron chi connectivity index (χ0n) is 6.65. The first-order valence-corrected chi connectivity index (χ1v) is 4.05. The zero-order chi connectivity index (χ0) is 8.55. The number of allylic oxidation sites excluding steroid dienone is 1. The molecule has 4 heteroatoms. The van der Waals surface area contributed by atoms with Crippen LogP contribution in [0.25, 0.3) is 0 Å². The van der Waals surface area contributed by atoms with E-state index in [1.54, 1.807) is 3.97 Å². The number of thiol groups is 1. The molecule has 0 bridgehead atoms. The lowest BCUT2D eigenvalue weighted by Gasteiger charge is -1.97. The van der Waals surface area contributed by atoms with E-state index in [4.69, 9.17) is 0 Å². The fourth-order valence-electron chi connectivity index (χ4n) is 1.05. The zero-order valence-corrected chi connectivity index (χ0v) is 7.55. The molecule has 1 aromatic rings. The van der Waals surface area contributed by atoms with Crippen molar-refractivity contribution in [3.63, 3.8) is 0 Å². The summed E-state index contributed by atoms with van der Waals surface area (Å²) in [6, 6.07) is 1.94. The van der Waals surface area contributed by atoms with Crippen molar-refractivity contribution >= 4 is 30.5 Å². The Morgan fingerprint density at radius 1 is 1.58 bits per heavy atom. The van der Waals surface area contributed by atoms with Crippen LogP contribution < -0.4 is 5.32 Å². The Morgan fingerprint density at radius 2 is 2.42 bits per heavy atom. The van der Waals surface area contributed by atoms with Crippen LogP contribution in [0, 0.1) is 0 Å². The summed E-state index contributed by atoms with van der Waals surface area (Å²) in [5, 5.41) is 3.14.